The van der Waals surface area contributed by atoms with Crippen LogP contribution in [0.25, 0.3) is 0 Å². The number of fused-ring (bicyclic) bond motifs is 1. The summed E-state index contributed by atoms with van der Waals surface area (Å²) in [4.78, 5) is 14.3. The molecule has 2 aromatic carbocycles. The van der Waals surface area contributed by atoms with Gasteiger partial charge in [0.2, 0.25) is 0 Å². The summed E-state index contributed by atoms with van der Waals surface area (Å²) in [6.07, 6.45) is 0.175. The SMILES string of the molecule is CN(C)c1ccc(NC(=O)C2Cc3ccccc3O2)cc1. The quantitative estimate of drug-likeness (QED) is 0.941. The first-order valence-electron chi connectivity index (χ1n) is 6.96. The van der Waals surface area contributed by atoms with Crippen LogP contribution in [-0.2, 0) is 11.2 Å². The van der Waals surface area contributed by atoms with Crippen molar-refractivity contribution in [3.8, 4) is 5.75 Å². The highest BCUT2D eigenvalue weighted by atomic mass is 16.5. The van der Waals surface area contributed by atoms with Gasteiger partial charge in [-0.25, -0.2) is 0 Å². The second-order valence-corrected chi connectivity index (χ2v) is 5.35. The lowest BCUT2D eigenvalue weighted by molar-refractivity contribution is -0.122. The smallest absolute Gasteiger partial charge is 0.265 e. The van der Waals surface area contributed by atoms with Crippen LogP contribution >= 0.6 is 0 Å². The molecule has 1 aliphatic heterocycles. The van der Waals surface area contributed by atoms with E-state index in [9.17, 15) is 4.79 Å². The molecule has 0 radical (unpaired) electrons. The Morgan fingerprint density at radius 2 is 1.86 bits per heavy atom. The predicted molar refractivity (Wildman–Crippen MR) is 84.0 cm³/mol. The minimum Gasteiger partial charge on any atom is -0.480 e. The lowest BCUT2D eigenvalue weighted by Gasteiger charge is -2.14. The van der Waals surface area contributed by atoms with Gasteiger partial charge in [0.05, 0.1) is 0 Å². The van der Waals surface area contributed by atoms with Crippen LogP contribution in [0.15, 0.2) is 48.5 Å². The van der Waals surface area contributed by atoms with Crippen molar-refractivity contribution in [3.63, 3.8) is 0 Å². The molecular weight excluding hydrogens is 264 g/mol. The highest BCUT2D eigenvalue weighted by molar-refractivity contribution is 5.95. The number of para-hydroxylation sites is 1. The highest BCUT2D eigenvalue weighted by Gasteiger charge is 2.28. The first-order chi connectivity index (χ1) is 10.1. The van der Waals surface area contributed by atoms with Gasteiger partial charge in [-0.15, -0.1) is 0 Å². The summed E-state index contributed by atoms with van der Waals surface area (Å²) in [7, 11) is 3.97. The number of carbonyl (C=O) groups excluding carboxylic acids is 1. The molecule has 0 bridgehead atoms. The molecule has 0 aromatic heterocycles. The molecule has 1 unspecified atom stereocenters. The summed E-state index contributed by atoms with van der Waals surface area (Å²) in [6.45, 7) is 0. The van der Waals surface area contributed by atoms with E-state index in [0.29, 0.717) is 6.42 Å². The van der Waals surface area contributed by atoms with Crippen LogP contribution in [0.3, 0.4) is 0 Å². The van der Waals surface area contributed by atoms with Crippen molar-refractivity contribution in [2.45, 2.75) is 12.5 Å². The minimum absolute atomic E-state index is 0.108. The van der Waals surface area contributed by atoms with Gasteiger partial charge in [-0.1, -0.05) is 18.2 Å². The molecule has 0 spiro atoms. The normalized spacial score (nSPS) is 16.0. The van der Waals surface area contributed by atoms with Gasteiger partial charge in [-0.3, -0.25) is 4.79 Å². The molecule has 1 atom stereocenters. The Balaban J connectivity index is 1.65. The van der Waals surface area contributed by atoms with E-state index < -0.39 is 6.10 Å². The molecule has 0 saturated carbocycles. The van der Waals surface area contributed by atoms with E-state index in [-0.39, 0.29) is 5.91 Å². The van der Waals surface area contributed by atoms with E-state index >= 15 is 0 Å². The molecule has 21 heavy (non-hydrogen) atoms. The number of nitrogens with one attached hydrogen (secondary N) is 1. The Kier molecular flexibility index (Phi) is 3.52. The fourth-order valence-electron chi connectivity index (χ4n) is 2.39. The average Bonchev–Trinajstić information content (AvgIpc) is 2.92. The van der Waals surface area contributed by atoms with E-state index in [4.69, 9.17) is 4.74 Å². The second kappa shape index (κ2) is 5.48. The van der Waals surface area contributed by atoms with Gasteiger partial charge in [0, 0.05) is 31.9 Å². The van der Waals surface area contributed by atoms with E-state index in [1.807, 2.05) is 67.5 Å². The average molecular weight is 282 g/mol. The van der Waals surface area contributed by atoms with Crippen LogP contribution in [0.4, 0.5) is 11.4 Å². The predicted octanol–water partition coefficient (Wildman–Crippen LogP) is 2.69. The van der Waals surface area contributed by atoms with Crippen molar-refractivity contribution in [1.29, 1.82) is 0 Å². The van der Waals surface area contributed by atoms with Crippen LogP contribution in [0.5, 0.6) is 5.75 Å². The van der Waals surface area contributed by atoms with Crippen LogP contribution in [0.2, 0.25) is 0 Å². The fourth-order valence-corrected chi connectivity index (χ4v) is 2.39. The summed E-state index contributed by atoms with van der Waals surface area (Å²) in [5.41, 5.74) is 2.96. The van der Waals surface area contributed by atoms with Crippen molar-refractivity contribution in [2.75, 3.05) is 24.3 Å². The monoisotopic (exact) mass is 282 g/mol. The molecule has 1 heterocycles. The zero-order valence-corrected chi connectivity index (χ0v) is 12.2. The first kappa shape index (κ1) is 13.5. The molecule has 1 aliphatic rings. The molecule has 108 valence electrons. The lowest BCUT2D eigenvalue weighted by atomic mass is 10.1. The molecule has 1 N–H and O–H groups in total. The van der Waals surface area contributed by atoms with E-state index in [1.165, 1.54) is 0 Å². The van der Waals surface area contributed by atoms with Crippen molar-refractivity contribution in [3.05, 3.63) is 54.1 Å². The molecule has 1 amide bonds. The lowest BCUT2D eigenvalue weighted by Crippen LogP contribution is -2.31. The van der Waals surface area contributed by atoms with E-state index in [2.05, 4.69) is 5.32 Å². The number of ether oxygens (including phenoxy) is 1. The molecular formula is C17H18N2O2. The Morgan fingerprint density at radius 3 is 2.52 bits per heavy atom. The van der Waals surface area contributed by atoms with Gasteiger partial charge in [0.1, 0.15) is 5.75 Å². The van der Waals surface area contributed by atoms with Crippen molar-refractivity contribution in [2.24, 2.45) is 0 Å². The van der Waals surface area contributed by atoms with Gasteiger partial charge in [-0.2, -0.15) is 0 Å². The summed E-state index contributed by atoms with van der Waals surface area (Å²) < 4.78 is 5.68. The second-order valence-electron chi connectivity index (χ2n) is 5.35. The van der Waals surface area contributed by atoms with Gasteiger partial charge in [0.15, 0.2) is 6.10 Å². The number of anilines is 2. The summed E-state index contributed by atoms with van der Waals surface area (Å²) >= 11 is 0. The van der Waals surface area contributed by atoms with Crippen LogP contribution in [0.1, 0.15) is 5.56 Å². The van der Waals surface area contributed by atoms with Crippen LogP contribution < -0.4 is 15.0 Å². The zero-order valence-electron chi connectivity index (χ0n) is 12.2. The number of hydrogen-bond acceptors (Lipinski definition) is 3. The maximum absolute atomic E-state index is 12.3. The van der Waals surface area contributed by atoms with Crippen molar-refractivity contribution >= 4 is 17.3 Å². The number of nitrogens with zero attached hydrogens (tertiary/aromatic N) is 1. The standard InChI is InChI=1S/C17H18N2O2/c1-19(2)14-9-7-13(8-10-14)18-17(20)16-11-12-5-3-4-6-15(12)21-16/h3-10,16H,11H2,1-2H3,(H,18,20). The third-order valence-electron chi connectivity index (χ3n) is 3.59. The maximum atomic E-state index is 12.3. The number of benzene rings is 2. The minimum atomic E-state index is -0.448. The zero-order chi connectivity index (χ0) is 14.8. The number of carbonyl (C=O) groups is 1. The first-order valence-corrected chi connectivity index (χ1v) is 6.96. The largest absolute Gasteiger partial charge is 0.480 e. The summed E-state index contributed by atoms with van der Waals surface area (Å²) in [6, 6.07) is 15.5. The molecule has 0 fully saturated rings. The molecule has 3 rings (SSSR count). The third kappa shape index (κ3) is 2.84. The van der Waals surface area contributed by atoms with Crippen LogP contribution in [0, 0.1) is 0 Å². The maximum Gasteiger partial charge on any atom is 0.265 e. The van der Waals surface area contributed by atoms with Crippen molar-refractivity contribution in [1.82, 2.24) is 0 Å². The Bertz CT molecular complexity index is 625. The van der Waals surface area contributed by atoms with Gasteiger partial charge < -0.3 is 15.0 Å². The molecule has 4 heteroatoms. The molecule has 0 saturated heterocycles. The van der Waals surface area contributed by atoms with Crippen LogP contribution in [-0.4, -0.2) is 26.1 Å². The van der Waals surface area contributed by atoms with Gasteiger partial charge >= 0.3 is 0 Å². The van der Waals surface area contributed by atoms with E-state index in [1.54, 1.807) is 0 Å². The van der Waals surface area contributed by atoms with Gasteiger partial charge in [0.25, 0.3) is 5.91 Å². The fraction of sp³-hybridized carbons (Fsp3) is 0.235. The topological polar surface area (TPSA) is 41.6 Å². The van der Waals surface area contributed by atoms with Gasteiger partial charge in [-0.05, 0) is 35.9 Å². The molecule has 2 aromatic rings. The number of hydrogen-bond donors (Lipinski definition) is 1. The number of amides is 1. The number of rotatable bonds is 3. The van der Waals surface area contributed by atoms with E-state index in [0.717, 1.165) is 22.7 Å². The summed E-state index contributed by atoms with van der Waals surface area (Å²) in [5, 5.41) is 2.90. The Hall–Kier alpha value is -2.49. The van der Waals surface area contributed by atoms with Crippen molar-refractivity contribution < 1.29 is 9.53 Å². The Morgan fingerprint density at radius 1 is 1.14 bits per heavy atom. The Labute approximate surface area is 124 Å². The molecule has 4 nitrogen and oxygen atoms in total. The summed E-state index contributed by atoms with van der Waals surface area (Å²) in [5.74, 6) is 0.699. The molecule has 0 aliphatic carbocycles. The third-order valence-corrected chi connectivity index (χ3v) is 3.59. The highest BCUT2D eigenvalue weighted by Crippen LogP contribution is 2.28.